The van der Waals surface area contributed by atoms with Crippen molar-refractivity contribution in [3.05, 3.63) is 78.6 Å². The average molecular weight is 373 g/mol. The number of carbonyl (C=O) groups is 1. The summed E-state index contributed by atoms with van der Waals surface area (Å²) in [6.07, 6.45) is 4.67. The van der Waals surface area contributed by atoms with Crippen molar-refractivity contribution in [2.24, 2.45) is 0 Å². The first-order chi connectivity index (χ1) is 13.6. The van der Waals surface area contributed by atoms with Crippen LogP contribution in [0.25, 0.3) is 17.1 Å². The Bertz CT molecular complexity index is 1060. The monoisotopic (exact) mass is 373 g/mol. The summed E-state index contributed by atoms with van der Waals surface area (Å²) in [7, 11) is 1.77. The fourth-order valence-corrected chi connectivity index (χ4v) is 2.88. The van der Waals surface area contributed by atoms with Gasteiger partial charge in [0.25, 0.3) is 5.91 Å². The van der Waals surface area contributed by atoms with Gasteiger partial charge in [0.1, 0.15) is 18.5 Å². The number of H-pyrrole nitrogens is 1. The molecule has 0 fully saturated rings. The Hall–Kier alpha value is -3.81. The lowest BCUT2D eigenvalue weighted by molar-refractivity contribution is 0.0739. The van der Waals surface area contributed by atoms with Crippen LogP contribution in [0, 0.1) is 0 Å². The minimum atomic E-state index is -0.171. The van der Waals surface area contributed by atoms with Crippen LogP contribution >= 0.6 is 0 Å². The van der Waals surface area contributed by atoms with Gasteiger partial charge in [0, 0.05) is 18.8 Å². The lowest BCUT2D eigenvalue weighted by atomic mass is 10.1. The standard InChI is InChI=1S/C20H19N7O/c1-14(17-10-18(25-24-17)15-6-4-3-5-7-15)26(2)20(28)16-8-9-19(21-11-16)27-12-22-23-13-27/h3-14H,1-2H3,(H,24,25). The normalized spacial score (nSPS) is 11.9. The fraction of sp³-hybridized carbons (Fsp3) is 0.150. The molecule has 0 bridgehead atoms. The van der Waals surface area contributed by atoms with E-state index in [1.165, 1.54) is 0 Å². The van der Waals surface area contributed by atoms with Gasteiger partial charge in [0.2, 0.25) is 0 Å². The smallest absolute Gasteiger partial charge is 0.255 e. The van der Waals surface area contributed by atoms with Crippen molar-refractivity contribution in [1.82, 2.24) is 34.8 Å². The summed E-state index contributed by atoms with van der Waals surface area (Å²) < 4.78 is 1.68. The van der Waals surface area contributed by atoms with E-state index in [-0.39, 0.29) is 11.9 Å². The van der Waals surface area contributed by atoms with Crippen LogP contribution < -0.4 is 0 Å². The molecule has 140 valence electrons. The Morgan fingerprint density at radius 3 is 2.54 bits per heavy atom. The van der Waals surface area contributed by atoms with E-state index in [1.54, 1.807) is 47.5 Å². The summed E-state index contributed by atoms with van der Waals surface area (Å²) >= 11 is 0. The Morgan fingerprint density at radius 2 is 1.86 bits per heavy atom. The van der Waals surface area contributed by atoms with Crippen LogP contribution in [0.5, 0.6) is 0 Å². The van der Waals surface area contributed by atoms with E-state index in [9.17, 15) is 4.79 Å². The molecule has 0 saturated carbocycles. The Kier molecular flexibility index (Phi) is 4.67. The number of benzene rings is 1. The summed E-state index contributed by atoms with van der Waals surface area (Å²) in [4.78, 5) is 18.8. The van der Waals surface area contributed by atoms with Crippen LogP contribution in [-0.2, 0) is 0 Å². The molecule has 28 heavy (non-hydrogen) atoms. The van der Waals surface area contributed by atoms with E-state index in [4.69, 9.17) is 0 Å². The van der Waals surface area contributed by atoms with Crippen LogP contribution in [0.3, 0.4) is 0 Å². The van der Waals surface area contributed by atoms with Crippen LogP contribution in [0.2, 0.25) is 0 Å². The summed E-state index contributed by atoms with van der Waals surface area (Å²) in [5.41, 5.74) is 3.25. The molecule has 0 saturated heterocycles. The van der Waals surface area contributed by atoms with Gasteiger partial charge in [-0.05, 0) is 25.1 Å². The number of aromatic amines is 1. The Balaban J connectivity index is 1.50. The summed E-state index contributed by atoms with van der Waals surface area (Å²) in [5, 5.41) is 14.9. The number of pyridine rings is 1. The number of hydrogen-bond acceptors (Lipinski definition) is 5. The molecule has 1 atom stereocenters. The number of rotatable bonds is 5. The van der Waals surface area contributed by atoms with E-state index < -0.39 is 0 Å². The van der Waals surface area contributed by atoms with Crippen LogP contribution in [0.4, 0.5) is 0 Å². The SMILES string of the molecule is CC(c1cc(-c2ccccc2)n[nH]1)N(C)C(=O)c1ccc(-n2cnnc2)nc1. The molecule has 4 aromatic rings. The first-order valence-corrected chi connectivity index (χ1v) is 8.82. The molecular weight excluding hydrogens is 354 g/mol. The third-order valence-corrected chi connectivity index (χ3v) is 4.70. The Morgan fingerprint density at radius 1 is 1.11 bits per heavy atom. The molecule has 3 aromatic heterocycles. The minimum Gasteiger partial charge on any atom is -0.333 e. The van der Waals surface area contributed by atoms with Gasteiger partial charge in [-0.3, -0.25) is 14.5 Å². The summed E-state index contributed by atoms with van der Waals surface area (Å²) in [6, 6.07) is 15.2. The highest BCUT2D eigenvalue weighted by Crippen LogP contribution is 2.24. The molecule has 1 N–H and O–H groups in total. The van der Waals surface area contributed by atoms with Gasteiger partial charge < -0.3 is 4.90 Å². The van der Waals surface area contributed by atoms with Gasteiger partial charge in [0.15, 0.2) is 0 Å². The number of hydrogen-bond donors (Lipinski definition) is 1. The lowest BCUT2D eigenvalue weighted by Crippen LogP contribution is -2.30. The molecule has 0 radical (unpaired) electrons. The van der Waals surface area contributed by atoms with Crippen molar-refractivity contribution in [3.8, 4) is 17.1 Å². The summed E-state index contributed by atoms with van der Waals surface area (Å²) in [6.45, 7) is 1.96. The number of aromatic nitrogens is 6. The van der Waals surface area contributed by atoms with Gasteiger partial charge in [-0.2, -0.15) is 5.10 Å². The van der Waals surface area contributed by atoms with E-state index in [0.717, 1.165) is 17.0 Å². The van der Waals surface area contributed by atoms with Crippen LogP contribution in [0.1, 0.15) is 29.0 Å². The van der Waals surface area contributed by atoms with Crippen molar-refractivity contribution >= 4 is 5.91 Å². The molecule has 3 heterocycles. The molecule has 0 aliphatic heterocycles. The second-order valence-electron chi connectivity index (χ2n) is 6.44. The average Bonchev–Trinajstić information content (AvgIpc) is 3.45. The minimum absolute atomic E-state index is 0.119. The fourth-order valence-electron chi connectivity index (χ4n) is 2.88. The highest BCUT2D eigenvalue weighted by atomic mass is 16.2. The maximum Gasteiger partial charge on any atom is 0.255 e. The predicted octanol–water partition coefficient (Wildman–Crippen LogP) is 2.89. The maximum absolute atomic E-state index is 12.9. The zero-order valence-corrected chi connectivity index (χ0v) is 15.5. The van der Waals surface area contributed by atoms with E-state index >= 15 is 0 Å². The van der Waals surface area contributed by atoms with Crippen molar-refractivity contribution in [2.45, 2.75) is 13.0 Å². The first-order valence-electron chi connectivity index (χ1n) is 8.82. The van der Waals surface area contributed by atoms with Gasteiger partial charge in [-0.25, -0.2) is 4.98 Å². The second kappa shape index (κ2) is 7.43. The van der Waals surface area contributed by atoms with Gasteiger partial charge in [-0.1, -0.05) is 30.3 Å². The van der Waals surface area contributed by atoms with Crippen LogP contribution in [-0.4, -0.2) is 47.8 Å². The number of nitrogens with zero attached hydrogens (tertiary/aromatic N) is 6. The third kappa shape index (κ3) is 3.39. The number of carbonyl (C=O) groups excluding carboxylic acids is 1. The predicted molar refractivity (Wildman–Crippen MR) is 104 cm³/mol. The molecule has 8 nitrogen and oxygen atoms in total. The number of amides is 1. The van der Waals surface area contributed by atoms with E-state index in [1.807, 2.05) is 43.3 Å². The zero-order valence-electron chi connectivity index (χ0n) is 15.5. The van der Waals surface area contributed by atoms with E-state index in [2.05, 4.69) is 25.4 Å². The highest BCUT2D eigenvalue weighted by molar-refractivity contribution is 5.94. The highest BCUT2D eigenvalue weighted by Gasteiger charge is 2.21. The molecule has 1 unspecified atom stereocenters. The second-order valence-corrected chi connectivity index (χ2v) is 6.44. The van der Waals surface area contributed by atoms with Crippen molar-refractivity contribution in [3.63, 3.8) is 0 Å². The lowest BCUT2D eigenvalue weighted by Gasteiger charge is -2.23. The topological polar surface area (TPSA) is 92.6 Å². The van der Waals surface area contributed by atoms with Crippen LogP contribution in [0.15, 0.2) is 67.4 Å². The number of nitrogens with one attached hydrogen (secondary N) is 1. The molecule has 1 amide bonds. The quantitative estimate of drug-likeness (QED) is 0.581. The van der Waals surface area contributed by atoms with E-state index in [0.29, 0.717) is 11.4 Å². The van der Waals surface area contributed by atoms with Gasteiger partial charge >= 0.3 is 0 Å². The molecule has 0 aliphatic rings. The maximum atomic E-state index is 12.9. The van der Waals surface area contributed by atoms with Crippen molar-refractivity contribution in [1.29, 1.82) is 0 Å². The molecule has 8 heteroatoms. The molecule has 4 rings (SSSR count). The molecule has 0 spiro atoms. The first kappa shape index (κ1) is 17.6. The Labute approximate surface area is 161 Å². The molecular formula is C20H19N7O. The molecule has 0 aliphatic carbocycles. The van der Waals surface area contributed by atoms with Gasteiger partial charge in [0.05, 0.1) is 23.0 Å². The van der Waals surface area contributed by atoms with Crippen molar-refractivity contribution in [2.75, 3.05) is 7.05 Å². The zero-order chi connectivity index (χ0) is 19.5. The van der Waals surface area contributed by atoms with Crippen molar-refractivity contribution < 1.29 is 4.79 Å². The largest absolute Gasteiger partial charge is 0.333 e. The summed E-state index contributed by atoms with van der Waals surface area (Å²) in [5.74, 6) is 0.532. The third-order valence-electron chi connectivity index (χ3n) is 4.70. The molecule has 1 aromatic carbocycles. The van der Waals surface area contributed by atoms with Gasteiger partial charge in [-0.15, -0.1) is 10.2 Å².